The van der Waals surface area contributed by atoms with E-state index in [1.807, 2.05) is 0 Å². The predicted molar refractivity (Wildman–Crippen MR) is 69.6 cm³/mol. The highest BCUT2D eigenvalue weighted by molar-refractivity contribution is 7.89. The summed E-state index contributed by atoms with van der Waals surface area (Å²) in [4.78, 5) is 0.0252. The van der Waals surface area contributed by atoms with E-state index in [-0.39, 0.29) is 17.3 Å². The fourth-order valence-electron chi connectivity index (χ4n) is 1.76. The van der Waals surface area contributed by atoms with Gasteiger partial charge in [0.15, 0.2) is 5.82 Å². The van der Waals surface area contributed by atoms with Gasteiger partial charge in [-0.2, -0.15) is 10.2 Å². The van der Waals surface area contributed by atoms with Crippen LogP contribution in [0, 0.1) is 6.92 Å². The molecule has 104 valence electrons. The van der Waals surface area contributed by atoms with E-state index >= 15 is 0 Å². The van der Waals surface area contributed by atoms with Crippen LogP contribution in [-0.2, 0) is 30.7 Å². The summed E-state index contributed by atoms with van der Waals surface area (Å²) in [6, 6.07) is 1.74. The zero-order chi connectivity index (χ0) is 14.2. The van der Waals surface area contributed by atoms with E-state index in [1.54, 1.807) is 38.0 Å². The van der Waals surface area contributed by atoms with E-state index in [0.29, 0.717) is 5.69 Å². The maximum atomic E-state index is 12.2. The topological polar surface area (TPSA) is 108 Å². The van der Waals surface area contributed by atoms with Gasteiger partial charge in [0.05, 0.1) is 17.9 Å². The Balaban J connectivity index is 2.26. The van der Waals surface area contributed by atoms with Crippen LogP contribution in [0.25, 0.3) is 0 Å². The number of rotatable bonds is 4. The number of anilines is 1. The van der Waals surface area contributed by atoms with Gasteiger partial charge in [-0.3, -0.25) is 9.36 Å². The van der Waals surface area contributed by atoms with Crippen molar-refractivity contribution in [2.75, 3.05) is 5.73 Å². The zero-order valence-corrected chi connectivity index (χ0v) is 11.8. The molecule has 2 aromatic rings. The minimum absolute atomic E-state index is 0.00231. The monoisotopic (exact) mass is 284 g/mol. The summed E-state index contributed by atoms with van der Waals surface area (Å²) < 4.78 is 30.0. The van der Waals surface area contributed by atoms with E-state index in [1.165, 1.54) is 4.68 Å². The van der Waals surface area contributed by atoms with Gasteiger partial charge in [-0.1, -0.05) is 0 Å². The van der Waals surface area contributed by atoms with E-state index < -0.39 is 10.0 Å². The predicted octanol–water partition coefficient (Wildman–Crippen LogP) is -0.477. The van der Waals surface area contributed by atoms with Gasteiger partial charge in [-0.15, -0.1) is 0 Å². The average Bonchev–Trinajstić information content (AvgIpc) is 2.82. The van der Waals surface area contributed by atoms with E-state index in [9.17, 15) is 8.42 Å². The third-order valence-electron chi connectivity index (χ3n) is 2.94. The molecular formula is C10H16N6O2S. The molecule has 0 fully saturated rings. The second kappa shape index (κ2) is 4.67. The summed E-state index contributed by atoms with van der Waals surface area (Å²) in [5.41, 5.74) is 6.89. The first-order chi connectivity index (χ1) is 8.83. The van der Waals surface area contributed by atoms with E-state index in [4.69, 9.17) is 5.73 Å². The molecule has 19 heavy (non-hydrogen) atoms. The Labute approximate surface area is 111 Å². The SMILES string of the molecule is Cc1c(S(=O)(=O)NCc2ccnn2C)c(N)nn1C. The molecule has 9 heteroatoms. The van der Waals surface area contributed by atoms with Gasteiger partial charge in [0, 0.05) is 20.3 Å². The summed E-state index contributed by atoms with van der Waals surface area (Å²) in [6.45, 7) is 1.80. The maximum absolute atomic E-state index is 12.2. The third kappa shape index (κ3) is 2.47. The summed E-state index contributed by atoms with van der Waals surface area (Å²) in [6.07, 6.45) is 1.60. The third-order valence-corrected chi connectivity index (χ3v) is 4.51. The molecule has 0 aromatic carbocycles. The van der Waals surface area contributed by atoms with Crippen LogP contribution in [0.3, 0.4) is 0 Å². The van der Waals surface area contributed by atoms with Crippen LogP contribution < -0.4 is 10.5 Å². The van der Waals surface area contributed by atoms with Gasteiger partial charge >= 0.3 is 0 Å². The van der Waals surface area contributed by atoms with Crippen molar-refractivity contribution in [1.82, 2.24) is 24.3 Å². The van der Waals surface area contributed by atoms with Crippen molar-refractivity contribution in [2.45, 2.75) is 18.4 Å². The second-order valence-corrected chi connectivity index (χ2v) is 5.90. The molecule has 3 N–H and O–H groups in total. The lowest BCUT2D eigenvalue weighted by Crippen LogP contribution is -2.25. The molecule has 0 atom stereocenters. The Kier molecular flexibility index (Phi) is 3.33. The number of aromatic nitrogens is 4. The number of nitrogen functional groups attached to an aromatic ring is 1. The maximum Gasteiger partial charge on any atom is 0.246 e. The quantitative estimate of drug-likeness (QED) is 0.788. The first-order valence-corrected chi connectivity index (χ1v) is 7.07. The van der Waals surface area contributed by atoms with Crippen LogP contribution in [0.15, 0.2) is 17.2 Å². The van der Waals surface area contributed by atoms with Crippen LogP contribution in [0.5, 0.6) is 0 Å². The number of nitrogens with zero attached hydrogens (tertiary/aromatic N) is 4. The molecule has 0 radical (unpaired) electrons. The van der Waals surface area contributed by atoms with Crippen LogP contribution >= 0.6 is 0 Å². The lowest BCUT2D eigenvalue weighted by molar-refractivity contribution is 0.576. The highest BCUT2D eigenvalue weighted by Crippen LogP contribution is 2.20. The van der Waals surface area contributed by atoms with E-state index in [2.05, 4.69) is 14.9 Å². The molecule has 0 aliphatic rings. The molecular weight excluding hydrogens is 268 g/mol. The summed E-state index contributed by atoms with van der Waals surface area (Å²) in [7, 11) is -0.305. The minimum atomic E-state index is -3.69. The summed E-state index contributed by atoms with van der Waals surface area (Å²) >= 11 is 0. The van der Waals surface area contributed by atoms with Gasteiger partial charge in [-0.05, 0) is 13.0 Å². The first-order valence-electron chi connectivity index (χ1n) is 5.58. The molecule has 0 aliphatic carbocycles. The number of sulfonamides is 1. The molecule has 0 saturated heterocycles. The van der Waals surface area contributed by atoms with Gasteiger partial charge in [0.25, 0.3) is 0 Å². The van der Waals surface area contributed by atoms with Crippen molar-refractivity contribution in [3.63, 3.8) is 0 Å². The zero-order valence-electron chi connectivity index (χ0n) is 11.0. The van der Waals surface area contributed by atoms with Crippen LogP contribution in [0.4, 0.5) is 5.82 Å². The lowest BCUT2D eigenvalue weighted by atomic mass is 10.4. The molecule has 0 aliphatic heterocycles. The van der Waals surface area contributed by atoms with Crippen LogP contribution in [-0.4, -0.2) is 28.0 Å². The van der Waals surface area contributed by atoms with Crippen molar-refractivity contribution in [2.24, 2.45) is 14.1 Å². The van der Waals surface area contributed by atoms with Crippen molar-refractivity contribution in [3.8, 4) is 0 Å². The van der Waals surface area contributed by atoms with Crippen molar-refractivity contribution in [1.29, 1.82) is 0 Å². The van der Waals surface area contributed by atoms with Gasteiger partial charge in [0.2, 0.25) is 10.0 Å². The molecule has 2 aromatic heterocycles. The molecule has 0 amide bonds. The van der Waals surface area contributed by atoms with Gasteiger partial charge in [-0.25, -0.2) is 13.1 Å². The molecule has 0 bridgehead atoms. The normalized spacial score (nSPS) is 11.9. The van der Waals surface area contributed by atoms with Gasteiger partial charge in [0.1, 0.15) is 4.90 Å². The van der Waals surface area contributed by atoms with Crippen LogP contribution in [0.1, 0.15) is 11.4 Å². The molecule has 0 unspecified atom stereocenters. The standard InChI is InChI=1S/C10H16N6O2S/c1-7-9(10(11)14-15(7)2)19(17,18)13-6-8-4-5-12-16(8)3/h4-5,13H,6H2,1-3H3,(H2,11,14). The molecule has 0 saturated carbocycles. The highest BCUT2D eigenvalue weighted by atomic mass is 32.2. The number of aryl methyl sites for hydroxylation is 2. The average molecular weight is 284 g/mol. The van der Waals surface area contributed by atoms with E-state index in [0.717, 1.165) is 5.69 Å². The molecule has 2 heterocycles. The Morgan fingerprint density at radius 1 is 1.37 bits per heavy atom. The van der Waals surface area contributed by atoms with Crippen molar-refractivity contribution in [3.05, 3.63) is 23.7 Å². The van der Waals surface area contributed by atoms with Gasteiger partial charge < -0.3 is 5.73 Å². The molecule has 0 spiro atoms. The highest BCUT2D eigenvalue weighted by Gasteiger charge is 2.24. The smallest absolute Gasteiger partial charge is 0.246 e. The van der Waals surface area contributed by atoms with Crippen LogP contribution in [0.2, 0.25) is 0 Å². The fourth-order valence-corrected chi connectivity index (χ4v) is 3.08. The summed E-state index contributed by atoms with van der Waals surface area (Å²) in [5, 5.41) is 7.87. The number of nitrogens with one attached hydrogen (secondary N) is 1. The minimum Gasteiger partial charge on any atom is -0.381 e. The number of hydrogen-bond donors (Lipinski definition) is 2. The Bertz CT molecular complexity index is 700. The number of nitrogens with two attached hydrogens (primary N) is 1. The molecule has 2 rings (SSSR count). The Hall–Kier alpha value is -1.87. The fraction of sp³-hybridized carbons (Fsp3) is 0.400. The van der Waals surface area contributed by atoms with Crippen molar-refractivity contribution < 1.29 is 8.42 Å². The van der Waals surface area contributed by atoms with Crippen molar-refractivity contribution >= 4 is 15.8 Å². The molecule has 8 nitrogen and oxygen atoms in total. The number of hydrogen-bond acceptors (Lipinski definition) is 5. The largest absolute Gasteiger partial charge is 0.381 e. The second-order valence-electron chi connectivity index (χ2n) is 4.19. The summed E-state index contributed by atoms with van der Waals surface area (Å²) in [5.74, 6) is -0.00231. The lowest BCUT2D eigenvalue weighted by Gasteiger charge is -2.07. The Morgan fingerprint density at radius 2 is 2.05 bits per heavy atom. The first kappa shape index (κ1) is 13.6. The Morgan fingerprint density at radius 3 is 2.53 bits per heavy atom.